The van der Waals surface area contributed by atoms with Gasteiger partial charge in [0.1, 0.15) is 11.9 Å². The van der Waals surface area contributed by atoms with Crippen molar-refractivity contribution in [2.75, 3.05) is 25.6 Å². The van der Waals surface area contributed by atoms with Crippen LogP contribution in [0, 0.1) is 0 Å². The summed E-state index contributed by atoms with van der Waals surface area (Å²) in [5, 5.41) is 15.3. The molecule has 0 spiro atoms. The van der Waals surface area contributed by atoms with E-state index in [2.05, 4.69) is 15.4 Å². The third kappa shape index (κ3) is 6.42. The summed E-state index contributed by atoms with van der Waals surface area (Å²) in [7, 11) is -2.05. The smallest absolute Gasteiger partial charge is 0.319 e. The summed E-state index contributed by atoms with van der Waals surface area (Å²) in [6, 6.07) is 14.4. The average molecular weight is 464 g/mol. The molecule has 1 fully saturated rings. The molecule has 0 unspecified atom stereocenters. The number of sulfonamides is 1. The maximum Gasteiger partial charge on any atom is 0.319 e. The Morgan fingerprint density at radius 3 is 2.56 bits per heavy atom. The van der Waals surface area contributed by atoms with Gasteiger partial charge in [0, 0.05) is 6.54 Å². The highest BCUT2D eigenvalue weighted by molar-refractivity contribution is 7.89. The molecule has 3 rings (SSSR count). The first-order valence-corrected chi connectivity index (χ1v) is 11.9. The molecule has 174 valence electrons. The zero-order valence-electron chi connectivity index (χ0n) is 17.9. The SMILES string of the molecule is COc1ccccc1NC(=O)N[C@H]1CC[C@H](CCNS(=O)(=O)c2ccccc2)O[C@H]1CO. The van der Waals surface area contributed by atoms with E-state index in [1.807, 2.05) is 0 Å². The van der Waals surface area contributed by atoms with E-state index in [4.69, 9.17) is 9.47 Å². The summed E-state index contributed by atoms with van der Waals surface area (Å²) in [5.41, 5.74) is 0.536. The highest BCUT2D eigenvalue weighted by Gasteiger charge is 2.32. The van der Waals surface area contributed by atoms with Crippen LogP contribution in [0.5, 0.6) is 5.75 Å². The number of anilines is 1. The molecule has 32 heavy (non-hydrogen) atoms. The molecular formula is C22H29N3O6S. The van der Waals surface area contributed by atoms with E-state index in [0.717, 1.165) is 0 Å². The molecular weight excluding hydrogens is 434 g/mol. The van der Waals surface area contributed by atoms with Gasteiger partial charge in [-0.2, -0.15) is 0 Å². The normalized spacial score (nSPS) is 21.0. The summed E-state index contributed by atoms with van der Waals surface area (Å²) in [6.45, 7) is -0.0434. The Labute approximate surface area is 188 Å². The standard InChI is InChI=1S/C22H29N3O6S/c1-30-20-10-6-5-9-18(20)24-22(27)25-19-12-11-16(31-21(19)15-26)13-14-23-32(28,29)17-7-3-2-4-8-17/h2-10,16,19,21,23,26H,11-15H2,1H3,(H2,24,25,27)/t16-,19+,21+/m1/s1. The summed E-state index contributed by atoms with van der Waals surface area (Å²) < 4.78 is 38.3. The molecule has 2 aromatic carbocycles. The summed E-state index contributed by atoms with van der Waals surface area (Å²) in [6.07, 6.45) is 0.885. The molecule has 10 heteroatoms. The van der Waals surface area contributed by atoms with Crippen molar-refractivity contribution < 1.29 is 27.8 Å². The van der Waals surface area contributed by atoms with Crippen LogP contribution in [-0.4, -0.2) is 58.1 Å². The molecule has 2 aromatic rings. The number of nitrogens with one attached hydrogen (secondary N) is 3. The van der Waals surface area contributed by atoms with Gasteiger partial charge in [-0.15, -0.1) is 0 Å². The largest absolute Gasteiger partial charge is 0.495 e. The van der Waals surface area contributed by atoms with E-state index in [0.29, 0.717) is 30.7 Å². The first kappa shape index (κ1) is 24.0. The minimum Gasteiger partial charge on any atom is -0.495 e. The molecule has 0 aromatic heterocycles. The number of carbonyl (C=O) groups is 1. The molecule has 0 aliphatic carbocycles. The van der Waals surface area contributed by atoms with Crippen molar-refractivity contribution in [2.45, 2.75) is 42.4 Å². The Kier molecular flexibility index (Phi) is 8.46. The lowest BCUT2D eigenvalue weighted by Gasteiger charge is -2.36. The predicted octanol–water partition coefficient (Wildman–Crippen LogP) is 2.09. The second-order valence-corrected chi connectivity index (χ2v) is 9.23. The number of urea groups is 1. The van der Waals surface area contributed by atoms with Gasteiger partial charge in [0.05, 0.1) is 36.4 Å². The lowest BCUT2D eigenvalue weighted by molar-refractivity contribution is -0.0884. The summed E-state index contributed by atoms with van der Waals surface area (Å²) >= 11 is 0. The number of rotatable bonds is 9. The molecule has 9 nitrogen and oxygen atoms in total. The van der Waals surface area contributed by atoms with Crippen molar-refractivity contribution in [1.29, 1.82) is 0 Å². The fourth-order valence-electron chi connectivity index (χ4n) is 3.62. The molecule has 0 saturated carbocycles. The third-order valence-electron chi connectivity index (χ3n) is 5.28. The van der Waals surface area contributed by atoms with E-state index in [9.17, 15) is 18.3 Å². The number of hydrogen-bond donors (Lipinski definition) is 4. The number of amides is 2. The molecule has 3 atom stereocenters. The number of para-hydroxylation sites is 2. The lowest BCUT2D eigenvalue weighted by atomic mass is 9.97. The number of aliphatic hydroxyl groups is 1. The molecule has 1 aliphatic rings. The molecule has 1 heterocycles. The van der Waals surface area contributed by atoms with Gasteiger partial charge in [-0.1, -0.05) is 30.3 Å². The van der Waals surface area contributed by atoms with Gasteiger partial charge in [-0.05, 0) is 43.5 Å². The van der Waals surface area contributed by atoms with Crippen molar-refractivity contribution in [3.63, 3.8) is 0 Å². The molecule has 0 bridgehead atoms. The third-order valence-corrected chi connectivity index (χ3v) is 6.76. The average Bonchev–Trinajstić information content (AvgIpc) is 2.80. The van der Waals surface area contributed by atoms with Crippen molar-refractivity contribution in [2.24, 2.45) is 0 Å². The van der Waals surface area contributed by atoms with Crippen LogP contribution < -0.4 is 20.1 Å². The molecule has 4 N–H and O–H groups in total. The van der Waals surface area contributed by atoms with Crippen LogP contribution in [0.3, 0.4) is 0 Å². The Morgan fingerprint density at radius 1 is 1.12 bits per heavy atom. The fourth-order valence-corrected chi connectivity index (χ4v) is 4.69. The van der Waals surface area contributed by atoms with Crippen LogP contribution in [0.1, 0.15) is 19.3 Å². The van der Waals surface area contributed by atoms with E-state index < -0.39 is 22.2 Å². The van der Waals surface area contributed by atoms with Crippen LogP contribution in [0.2, 0.25) is 0 Å². The second-order valence-electron chi connectivity index (χ2n) is 7.46. The number of benzene rings is 2. The van der Waals surface area contributed by atoms with Crippen LogP contribution in [0.15, 0.2) is 59.5 Å². The van der Waals surface area contributed by atoms with Crippen LogP contribution >= 0.6 is 0 Å². The maximum atomic E-state index is 12.4. The number of ether oxygens (including phenoxy) is 2. The van der Waals surface area contributed by atoms with Crippen LogP contribution in [-0.2, 0) is 14.8 Å². The molecule has 1 saturated heterocycles. The van der Waals surface area contributed by atoms with Crippen molar-refractivity contribution in [3.8, 4) is 5.75 Å². The first-order valence-electron chi connectivity index (χ1n) is 10.4. The summed E-state index contributed by atoms with van der Waals surface area (Å²) in [5.74, 6) is 0.541. The van der Waals surface area contributed by atoms with Crippen molar-refractivity contribution in [1.82, 2.24) is 10.0 Å². The van der Waals surface area contributed by atoms with Gasteiger partial charge in [0.15, 0.2) is 0 Å². The van der Waals surface area contributed by atoms with E-state index in [1.54, 1.807) is 42.5 Å². The highest BCUT2D eigenvalue weighted by atomic mass is 32.2. The summed E-state index contributed by atoms with van der Waals surface area (Å²) in [4.78, 5) is 12.6. The van der Waals surface area contributed by atoms with E-state index in [1.165, 1.54) is 19.2 Å². The topological polar surface area (TPSA) is 126 Å². The van der Waals surface area contributed by atoms with Gasteiger partial charge in [0.25, 0.3) is 0 Å². The number of aliphatic hydroxyl groups excluding tert-OH is 1. The Bertz CT molecular complexity index is 986. The lowest BCUT2D eigenvalue weighted by Crippen LogP contribution is -2.52. The quantitative estimate of drug-likeness (QED) is 0.451. The maximum absolute atomic E-state index is 12.4. The van der Waals surface area contributed by atoms with Crippen molar-refractivity contribution >= 4 is 21.7 Å². The highest BCUT2D eigenvalue weighted by Crippen LogP contribution is 2.24. The van der Waals surface area contributed by atoms with Gasteiger partial charge < -0.3 is 25.2 Å². The van der Waals surface area contributed by atoms with Crippen LogP contribution in [0.4, 0.5) is 10.5 Å². The zero-order chi connectivity index (χ0) is 23.0. The van der Waals surface area contributed by atoms with Crippen molar-refractivity contribution in [3.05, 3.63) is 54.6 Å². The minimum atomic E-state index is -3.57. The van der Waals surface area contributed by atoms with Gasteiger partial charge in [0.2, 0.25) is 10.0 Å². The molecule has 2 amide bonds. The Balaban J connectivity index is 1.47. The Hall–Kier alpha value is -2.66. The minimum absolute atomic E-state index is 0.211. The predicted molar refractivity (Wildman–Crippen MR) is 120 cm³/mol. The molecule has 1 aliphatic heterocycles. The van der Waals surface area contributed by atoms with Crippen LogP contribution in [0.25, 0.3) is 0 Å². The van der Waals surface area contributed by atoms with Gasteiger partial charge in [-0.25, -0.2) is 17.9 Å². The van der Waals surface area contributed by atoms with E-state index in [-0.39, 0.29) is 30.2 Å². The molecule has 0 radical (unpaired) electrons. The van der Waals surface area contributed by atoms with Gasteiger partial charge >= 0.3 is 6.03 Å². The fraction of sp³-hybridized carbons (Fsp3) is 0.409. The van der Waals surface area contributed by atoms with Gasteiger partial charge in [-0.3, -0.25) is 0 Å². The Morgan fingerprint density at radius 2 is 1.84 bits per heavy atom. The number of carbonyl (C=O) groups excluding carboxylic acids is 1. The first-order chi connectivity index (χ1) is 15.4. The number of hydrogen-bond acceptors (Lipinski definition) is 6. The zero-order valence-corrected chi connectivity index (χ0v) is 18.7. The monoisotopic (exact) mass is 463 g/mol. The second kappa shape index (κ2) is 11.3. The number of methoxy groups -OCH3 is 1. The van der Waals surface area contributed by atoms with E-state index >= 15 is 0 Å².